The molecule has 0 aliphatic carbocycles. The molecule has 0 radical (unpaired) electrons. The smallest absolute Gasteiger partial charge is 0.123 e. The molecule has 1 aromatic heterocycles. The number of hydrogen-bond donors (Lipinski definition) is 1. The van der Waals surface area contributed by atoms with Gasteiger partial charge in [-0.1, -0.05) is 52.6 Å². The molecule has 0 aliphatic heterocycles. The maximum atomic E-state index is 9.44. The Labute approximate surface area is 164 Å². The third-order valence-electron chi connectivity index (χ3n) is 3.56. The SMILES string of the molecule is N#Cc1cc(N)c(Sc2ccc(Cl)cc2)n1Cc1ccc(Cl)cc1Cl. The van der Waals surface area contributed by atoms with Crippen molar-refractivity contribution in [1.29, 1.82) is 5.26 Å². The summed E-state index contributed by atoms with van der Waals surface area (Å²) in [5.41, 5.74) is 8.01. The van der Waals surface area contributed by atoms with Crippen LogP contribution in [-0.4, -0.2) is 4.57 Å². The molecule has 3 aromatic rings. The Bertz CT molecular complexity index is 959. The van der Waals surface area contributed by atoms with Crippen molar-refractivity contribution in [3.8, 4) is 6.07 Å². The van der Waals surface area contributed by atoms with Crippen molar-refractivity contribution in [2.45, 2.75) is 16.5 Å². The molecule has 0 fully saturated rings. The van der Waals surface area contributed by atoms with Crippen molar-refractivity contribution < 1.29 is 0 Å². The molecule has 25 heavy (non-hydrogen) atoms. The van der Waals surface area contributed by atoms with Gasteiger partial charge in [0.2, 0.25) is 0 Å². The van der Waals surface area contributed by atoms with Gasteiger partial charge in [-0.05, 0) is 48.0 Å². The zero-order valence-electron chi connectivity index (χ0n) is 12.8. The van der Waals surface area contributed by atoms with Gasteiger partial charge in [-0.15, -0.1) is 0 Å². The molecule has 0 spiro atoms. The number of hydrogen-bond acceptors (Lipinski definition) is 3. The van der Waals surface area contributed by atoms with Gasteiger partial charge >= 0.3 is 0 Å². The van der Waals surface area contributed by atoms with Gasteiger partial charge in [0.1, 0.15) is 16.8 Å². The summed E-state index contributed by atoms with van der Waals surface area (Å²) in [5.74, 6) is 0. The highest BCUT2D eigenvalue weighted by molar-refractivity contribution is 7.99. The van der Waals surface area contributed by atoms with Gasteiger partial charge < -0.3 is 10.3 Å². The first-order chi connectivity index (χ1) is 12.0. The molecule has 126 valence electrons. The minimum atomic E-state index is 0.423. The fraction of sp³-hybridized carbons (Fsp3) is 0.0556. The number of halogens is 3. The van der Waals surface area contributed by atoms with Crippen LogP contribution >= 0.6 is 46.6 Å². The van der Waals surface area contributed by atoms with Gasteiger partial charge in [0, 0.05) is 20.0 Å². The average Bonchev–Trinajstić information content (AvgIpc) is 2.88. The molecule has 2 N–H and O–H groups in total. The predicted octanol–water partition coefficient (Wildman–Crippen LogP) is 6.10. The molecular weight excluding hydrogens is 397 g/mol. The first-order valence-electron chi connectivity index (χ1n) is 7.24. The fourth-order valence-corrected chi connectivity index (χ4v) is 3.89. The van der Waals surface area contributed by atoms with E-state index in [9.17, 15) is 5.26 Å². The highest BCUT2D eigenvalue weighted by Crippen LogP contribution is 2.36. The number of benzene rings is 2. The minimum absolute atomic E-state index is 0.423. The number of nitrogens with zero attached hydrogens (tertiary/aromatic N) is 2. The summed E-state index contributed by atoms with van der Waals surface area (Å²) in [6.45, 7) is 0.423. The highest BCUT2D eigenvalue weighted by Gasteiger charge is 2.16. The summed E-state index contributed by atoms with van der Waals surface area (Å²) in [7, 11) is 0. The zero-order chi connectivity index (χ0) is 18.0. The average molecular weight is 409 g/mol. The molecule has 0 atom stereocenters. The molecular formula is C18H12Cl3N3S. The van der Waals surface area contributed by atoms with Crippen LogP contribution in [0.2, 0.25) is 15.1 Å². The van der Waals surface area contributed by atoms with E-state index in [-0.39, 0.29) is 0 Å². The van der Waals surface area contributed by atoms with Crippen molar-refractivity contribution in [1.82, 2.24) is 4.57 Å². The number of nitrogens with two attached hydrogens (primary N) is 1. The lowest BCUT2D eigenvalue weighted by atomic mass is 10.2. The quantitative estimate of drug-likeness (QED) is 0.567. The molecule has 0 aliphatic rings. The van der Waals surface area contributed by atoms with Crippen LogP contribution in [0.1, 0.15) is 11.3 Å². The van der Waals surface area contributed by atoms with Crippen molar-refractivity contribution in [2.24, 2.45) is 0 Å². The molecule has 2 aromatic carbocycles. The van der Waals surface area contributed by atoms with Gasteiger partial charge in [0.05, 0.1) is 12.2 Å². The van der Waals surface area contributed by atoms with Crippen molar-refractivity contribution in [3.63, 3.8) is 0 Å². The van der Waals surface area contributed by atoms with Crippen molar-refractivity contribution >= 4 is 52.3 Å². The van der Waals surface area contributed by atoms with E-state index < -0.39 is 0 Å². The van der Waals surface area contributed by atoms with Gasteiger partial charge in [-0.2, -0.15) is 5.26 Å². The normalized spacial score (nSPS) is 10.6. The number of rotatable bonds is 4. The second-order valence-corrected chi connectivity index (χ2v) is 7.62. The molecule has 0 saturated carbocycles. The second kappa shape index (κ2) is 7.63. The first-order valence-corrected chi connectivity index (χ1v) is 9.19. The first kappa shape index (κ1) is 18.0. The summed E-state index contributed by atoms with van der Waals surface area (Å²) in [4.78, 5) is 0.974. The van der Waals surface area contributed by atoms with Crippen molar-refractivity contribution in [3.05, 3.63) is 74.9 Å². The molecule has 0 unspecified atom stereocenters. The molecule has 0 bridgehead atoms. The van der Waals surface area contributed by atoms with E-state index in [4.69, 9.17) is 40.5 Å². The summed E-state index contributed by atoms with van der Waals surface area (Å²) >= 11 is 19.6. The Morgan fingerprint density at radius 2 is 1.68 bits per heavy atom. The van der Waals surface area contributed by atoms with E-state index in [0.717, 1.165) is 15.5 Å². The molecule has 7 heteroatoms. The Morgan fingerprint density at radius 1 is 1.00 bits per heavy atom. The number of anilines is 1. The Morgan fingerprint density at radius 3 is 2.32 bits per heavy atom. The van der Waals surface area contributed by atoms with Crippen LogP contribution < -0.4 is 5.73 Å². The maximum absolute atomic E-state index is 9.44. The third kappa shape index (κ3) is 4.08. The van der Waals surface area contributed by atoms with Crippen LogP contribution in [0, 0.1) is 11.3 Å². The monoisotopic (exact) mass is 407 g/mol. The lowest BCUT2D eigenvalue weighted by Gasteiger charge is -2.12. The highest BCUT2D eigenvalue weighted by atomic mass is 35.5. The zero-order valence-corrected chi connectivity index (χ0v) is 15.9. The van der Waals surface area contributed by atoms with Crippen LogP contribution in [-0.2, 0) is 6.54 Å². The molecule has 3 rings (SSSR count). The van der Waals surface area contributed by atoms with Gasteiger partial charge in [0.15, 0.2) is 0 Å². The van der Waals surface area contributed by atoms with E-state index in [1.165, 1.54) is 11.8 Å². The second-order valence-electron chi connectivity index (χ2n) is 5.28. The van der Waals surface area contributed by atoms with E-state index in [1.54, 1.807) is 18.2 Å². The van der Waals surface area contributed by atoms with Gasteiger partial charge in [-0.25, -0.2) is 0 Å². The summed E-state index contributed by atoms with van der Waals surface area (Å²) < 4.78 is 1.85. The number of aromatic nitrogens is 1. The van der Waals surface area contributed by atoms with Crippen molar-refractivity contribution in [2.75, 3.05) is 5.73 Å². The minimum Gasteiger partial charge on any atom is -0.397 e. The summed E-state index contributed by atoms with van der Waals surface area (Å²) in [6, 6.07) is 16.6. The maximum Gasteiger partial charge on any atom is 0.123 e. The van der Waals surface area contributed by atoms with Crippen LogP contribution in [0.4, 0.5) is 5.69 Å². The third-order valence-corrected chi connectivity index (χ3v) is 5.56. The Balaban J connectivity index is 2.00. The van der Waals surface area contributed by atoms with E-state index in [0.29, 0.717) is 33.0 Å². The van der Waals surface area contributed by atoms with E-state index in [1.807, 2.05) is 34.9 Å². The summed E-state index contributed by atoms with van der Waals surface area (Å²) in [6.07, 6.45) is 0. The molecule has 1 heterocycles. The van der Waals surface area contributed by atoms with Crippen LogP contribution in [0.15, 0.2) is 58.5 Å². The van der Waals surface area contributed by atoms with Crippen LogP contribution in [0.3, 0.4) is 0 Å². The topological polar surface area (TPSA) is 54.7 Å². The van der Waals surface area contributed by atoms with Crippen LogP contribution in [0.25, 0.3) is 0 Å². The number of nitrogen functional groups attached to an aromatic ring is 1. The number of nitriles is 1. The molecule has 3 nitrogen and oxygen atoms in total. The largest absolute Gasteiger partial charge is 0.397 e. The lowest BCUT2D eigenvalue weighted by molar-refractivity contribution is 0.726. The Hall–Kier alpha value is -1.77. The van der Waals surface area contributed by atoms with Gasteiger partial charge in [-0.3, -0.25) is 0 Å². The van der Waals surface area contributed by atoms with Crippen LogP contribution in [0.5, 0.6) is 0 Å². The Kier molecular flexibility index (Phi) is 5.51. The van der Waals surface area contributed by atoms with E-state index in [2.05, 4.69) is 6.07 Å². The standard InChI is InChI=1S/C18H12Cl3N3S/c19-12-3-5-15(6-4-12)25-18-17(23)8-14(9-22)24(18)10-11-1-2-13(20)7-16(11)21/h1-8H,10,23H2. The van der Waals surface area contributed by atoms with E-state index >= 15 is 0 Å². The van der Waals surface area contributed by atoms with Gasteiger partial charge in [0.25, 0.3) is 0 Å². The lowest BCUT2D eigenvalue weighted by Crippen LogP contribution is -2.05. The fourth-order valence-electron chi connectivity index (χ4n) is 2.35. The molecule has 0 amide bonds. The summed E-state index contributed by atoms with van der Waals surface area (Å²) in [5, 5.41) is 12.0. The molecule has 0 saturated heterocycles. The predicted molar refractivity (Wildman–Crippen MR) is 105 cm³/mol.